The van der Waals surface area contributed by atoms with Crippen LogP contribution in [0, 0.1) is 0 Å². The number of aliphatic imine (C=N–C) groups is 1. The summed E-state index contributed by atoms with van der Waals surface area (Å²) in [6.07, 6.45) is 6.84. The molecule has 1 aromatic carbocycles. The Bertz CT molecular complexity index is 705. The van der Waals surface area contributed by atoms with Crippen molar-refractivity contribution in [1.82, 2.24) is 20.4 Å². The van der Waals surface area contributed by atoms with Crippen LogP contribution in [0.3, 0.4) is 0 Å². The van der Waals surface area contributed by atoms with Gasteiger partial charge >= 0.3 is 0 Å². The molecule has 2 heterocycles. The third kappa shape index (κ3) is 6.73. The molecule has 1 unspecified atom stereocenters. The van der Waals surface area contributed by atoms with Gasteiger partial charge in [-0.15, -0.1) is 0 Å². The van der Waals surface area contributed by atoms with E-state index in [0.29, 0.717) is 19.5 Å². The normalized spacial score (nSPS) is 20.6. The van der Waals surface area contributed by atoms with Crippen LogP contribution in [0.4, 0.5) is 0 Å². The molecule has 0 bridgehead atoms. The zero-order valence-corrected chi connectivity index (χ0v) is 18.8. The maximum absolute atomic E-state index is 12.0. The molecule has 6 nitrogen and oxygen atoms in total. The summed E-state index contributed by atoms with van der Waals surface area (Å²) in [5.41, 5.74) is 2.39. The van der Waals surface area contributed by atoms with Gasteiger partial charge in [-0.2, -0.15) is 0 Å². The molecule has 2 fully saturated rings. The Morgan fingerprint density at radius 3 is 2.70 bits per heavy atom. The van der Waals surface area contributed by atoms with Crippen molar-refractivity contribution in [3.05, 3.63) is 35.4 Å². The van der Waals surface area contributed by atoms with Gasteiger partial charge in [0.25, 0.3) is 0 Å². The Balaban J connectivity index is 1.51. The fourth-order valence-corrected chi connectivity index (χ4v) is 4.43. The molecule has 1 amide bonds. The number of guanidine groups is 1. The van der Waals surface area contributed by atoms with Gasteiger partial charge in [0.15, 0.2) is 5.96 Å². The standard InChI is InChI=1S/C24H39N5O/c1-3-25-24(26-14-9-17-28-15-7-6-10-20(28)2)27-18-21-11-4-5-12-22(21)19-29-16-8-13-23(29)30/h4-5,11-12,20H,3,6-10,13-19H2,1-2H3,(H2,25,26,27). The number of hydrogen-bond donors (Lipinski definition) is 2. The fraction of sp³-hybridized carbons (Fsp3) is 0.667. The highest BCUT2D eigenvalue weighted by molar-refractivity contribution is 5.79. The van der Waals surface area contributed by atoms with Gasteiger partial charge in [-0.1, -0.05) is 30.7 Å². The predicted molar refractivity (Wildman–Crippen MR) is 123 cm³/mol. The summed E-state index contributed by atoms with van der Waals surface area (Å²) in [5.74, 6) is 1.14. The Morgan fingerprint density at radius 1 is 1.13 bits per heavy atom. The molecule has 2 aliphatic heterocycles. The van der Waals surface area contributed by atoms with Crippen LogP contribution < -0.4 is 10.6 Å². The van der Waals surface area contributed by atoms with Crippen molar-refractivity contribution in [2.45, 2.75) is 71.5 Å². The number of nitrogens with zero attached hydrogens (tertiary/aromatic N) is 3. The van der Waals surface area contributed by atoms with Crippen molar-refractivity contribution in [3.63, 3.8) is 0 Å². The van der Waals surface area contributed by atoms with Gasteiger partial charge in [-0.3, -0.25) is 4.79 Å². The number of piperidine rings is 1. The van der Waals surface area contributed by atoms with Gasteiger partial charge in [0.05, 0.1) is 6.54 Å². The van der Waals surface area contributed by atoms with Crippen molar-refractivity contribution in [1.29, 1.82) is 0 Å². The number of likely N-dealkylation sites (tertiary alicyclic amines) is 2. The molecule has 166 valence electrons. The average molecular weight is 414 g/mol. The summed E-state index contributed by atoms with van der Waals surface area (Å²) in [6.45, 7) is 10.8. The van der Waals surface area contributed by atoms with E-state index < -0.39 is 0 Å². The highest BCUT2D eigenvalue weighted by Crippen LogP contribution is 2.18. The molecule has 2 saturated heterocycles. The number of rotatable bonds is 9. The molecule has 1 atom stereocenters. The lowest BCUT2D eigenvalue weighted by Crippen LogP contribution is -2.41. The number of nitrogens with one attached hydrogen (secondary N) is 2. The van der Waals surface area contributed by atoms with E-state index in [1.54, 1.807) is 0 Å². The first-order valence-electron chi connectivity index (χ1n) is 11.8. The number of carbonyl (C=O) groups excluding carboxylic acids is 1. The first-order chi connectivity index (χ1) is 14.7. The summed E-state index contributed by atoms with van der Waals surface area (Å²) in [6, 6.07) is 9.07. The van der Waals surface area contributed by atoms with E-state index in [-0.39, 0.29) is 5.91 Å². The molecule has 0 aromatic heterocycles. The van der Waals surface area contributed by atoms with Crippen molar-refractivity contribution in [3.8, 4) is 0 Å². The molecular weight excluding hydrogens is 374 g/mol. The SMILES string of the molecule is CCNC(=NCc1ccccc1CN1CCCC1=O)NCCCN1CCCCC1C. The quantitative estimate of drug-likeness (QED) is 0.371. The molecule has 1 aromatic rings. The smallest absolute Gasteiger partial charge is 0.222 e. The monoisotopic (exact) mass is 413 g/mol. The lowest BCUT2D eigenvalue weighted by atomic mass is 10.0. The predicted octanol–water partition coefficient (Wildman–Crippen LogP) is 3.13. The Hall–Kier alpha value is -2.08. The van der Waals surface area contributed by atoms with Crippen molar-refractivity contribution in [2.75, 3.05) is 32.7 Å². The lowest BCUT2D eigenvalue weighted by molar-refractivity contribution is -0.128. The highest BCUT2D eigenvalue weighted by atomic mass is 16.2. The first kappa shape index (κ1) is 22.6. The van der Waals surface area contributed by atoms with Crippen LogP contribution in [0.15, 0.2) is 29.3 Å². The molecule has 0 aliphatic carbocycles. The van der Waals surface area contributed by atoms with Gasteiger partial charge in [-0.05, 0) is 57.2 Å². The Morgan fingerprint density at radius 2 is 1.97 bits per heavy atom. The van der Waals surface area contributed by atoms with Crippen LogP contribution in [-0.2, 0) is 17.9 Å². The summed E-state index contributed by atoms with van der Waals surface area (Å²) in [5, 5.41) is 6.85. The third-order valence-corrected chi connectivity index (χ3v) is 6.26. The lowest BCUT2D eigenvalue weighted by Gasteiger charge is -2.33. The Labute approximate surface area is 182 Å². The van der Waals surface area contributed by atoms with Crippen LogP contribution in [0.25, 0.3) is 0 Å². The number of amides is 1. The van der Waals surface area contributed by atoms with Crippen LogP contribution >= 0.6 is 0 Å². The third-order valence-electron chi connectivity index (χ3n) is 6.26. The molecule has 0 radical (unpaired) electrons. The van der Waals surface area contributed by atoms with E-state index in [2.05, 4.69) is 47.6 Å². The average Bonchev–Trinajstić information content (AvgIpc) is 3.16. The van der Waals surface area contributed by atoms with Crippen molar-refractivity contribution < 1.29 is 4.79 Å². The first-order valence-corrected chi connectivity index (χ1v) is 11.8. The maximum Gasteiger partial charge on any atom is 0.222 e. The second-order valence-corrected chi connectivity index (χ2v) is 8.54. The Kier molecular flexibility index (Phi) is 9.00. The largest absolute Gasteiger partial charge is 0.357 e. The summed E-state index contributed by atoms with van der Waals surface area (Å²) in [4.78, 5) is 21.4. The highest BCUT2D eigenvalue weighted by Gasteiger charge is 2.21. The van der Waals surface area contributed by atoms with Gasteiger partial charge in [0.1, 0.15) is 0 Å². The minimum absolute atomic E-state index is 0.270. The van der Waals surface area contributed by atoms with Crippen molar-refractivity contribution in [2.24, 2.45) is 4.99 Å². The molecule has 3 rings (SSSR count). The number of benzene rings is 1. The van der Waals surface area contributed by atoms with Crippen LogP contribution in [-0.4, -0.2) is 60.4 Å². The molecule has 6 heteroatoms. The molecular formula is C24H39N5O. The topological polar surface area (TPSA) is 60.0 Å². The van der Waals surface area contributed by atoms with Crippen molar-refractivity contribution >= 4 is 11.9 Å². The fourth-order valence-electron chi connectivity index (χ4n) is 4.43. The van der Waals surface area contributed by atoms with Crippen LogP contribution in [0.2, 0.25) is 0 Å². The maximum atomic E-state index is 12.0. The van der Waals surface area contributed by atoms with E-state index >= 15 is 0 Å². The summed E-state index contributed by atoms with van der Waals surface area (Å²) in [7, 11) is 0. The minimum Gasteiger partial charge on any atom is -0.357 e. The molecule has 30 heavy (non-hydrogen) atoms. The summed E-state index contributed by atoms with van der Waals surface area (Å²) >= 11 is 0. The van der Waals surface area contributed by atoms with Crippen LogP contribution in [0.5, 0.6) is 0 Å². The molecule has 0 spiro atoms. The van der Waals surface area contributed by atoms with E-state index in [1.165, 1.54) is 36.9 Å². The zero-order valence-electron chi connectivity index (χ0n) is 18.8. The van der Waals surface area contributed by atoms with E-state index in [1.807, 2.05) is 11.0 Å². The van der Waals surface area contributed by atoms with E-state index in [0.717, 1.165) is 51.0 Å². The van der Waals surface area contributed by atoms with Crippen LogP contribution in [0.1, 0.15) is 63.5 Å². The summed E-state index contributed by atoms with van der Waals surface area (Å²) < 4.78 is 0. The minimum atomic E-state index is 0.270. The zero-order chi connectivity index (χ0) is 21.2. The van der Waals surface area contributed by atoms with Gasteiger partial charge in [0, 0.05) is 45.2 Å². The molecule has 0 saturated carbocycles. The number of carbonyl (C=O) groups is 1. The van der Waals surface area contributed by atoms with E-state index in [4.69, 9.17) is 4.99 Å². The number of hydrogen-bond acceptors (Lipinski definition) is 3. The van der Waals surface area contributed by atoms with Gasteiger partial charge in [0.2, 0.25) is 5.91 Å². The van der Waals surface area contributed by atoms with Gasteiger partial charge in [-0.25, -0.2) is 4.99 Å². The molecule has 2 aliphatic rings. The second kappa shape index (κ2) is 11.9. The molecule has 2 N–H and O–H groups in total. The second-order valence-electron chi connectivity index (χ2n) is 8.54. The van der Waals surface area contributed by atoms with E-state index in [9.17, 15) is 4.79 Å². The van der Waals surface area contributed by atoms with Gasteiger partial charge < -0.3 is 20.4 Å².